The van der Waals surface area contributed by atoms with E-state index in [4.69, 9.17) is 9.84 Å². The van der Waals surface area contributed by atoms with Crippen LogP contribution in [0.3, 0.4) is 0 Å². The summed E-state index contributed by atoms with van der Waals surface area (Å²) in [6.07, 6.45) is 49.1. The number of amides is 1. The van der Waals surface area contributed by atoms with Gasteiger partial charge in [-0.25, -0.2) is 0 Å². The number of esters is 1. The lowest BCUT2D eigenvalue weighted by Gasteiger charge is -2.18. The van der Waals surface area contributed by atoms with Crippen LogP contribution < -0.4 is 5.32 Å². The van der Waals surface area contributed by atoms with E-state index < -0.39 is 5.97 Å². The van der Waals surface area contributed by atoms with Gasteiger partial charge in [0.2, 0.25) is 5.91 Å². The van der Waals surface area contributed by atoms with Gasteiger partial charge >= 0.3 is 11.9 Å². The van der Waals surface area contributed by atoms with Gasteiger partial charge in [0.05, 0.1) is 0 Å². The van der Waals surface area contributed by atoms with Gasteiger partial charge in [0.1, 0.15) is 12.6 Å². The third kappa shape index (κ3) is 40.9. The molecule has 6 heteroatoms. The molecule has 0 saturated heterocycles. The van der Waals surface area contributed by atoms with Crippen molar-refractivity contribution in [2.75, 3.05) is 6.54 Å². The predicted molar refractivity (Wildman–Crippen MR) is 222 cm³/mol. The van der Waals surface area contributed by atoms with Crippen molar-refractivity contribution in [1.82, 2.24) is 5.32 Å². The van der Waals surface area contributed by atoms with Crippen LogP contribution in [0, 0.1) is 0 Å². The molecule has 52 heavy (non-hydrogen) atoms. The molecular formula is C46H87NO5. The number of rotatable bonds is 42. The maximum absolute atomic E-state index is 12.8. The van der Waals surface area contributed by atoms with E-state index in [2.05, 4.69) is 31.3 Å². The summed E-state index contributed by atoms with van der Waals surface area (Å²) < 4.78 is 6.03. The lowest BCUT2D eigenvalue weighted by Crippen LogP contribution is -2.28. The first kappa shape index (κ1) is 50.1. The zero-order valence-corrected chi connectivity index (χ0v) is 34.7. The minimum absolute atomic E-state index is 0.00111. The first-order valence-electron chi connectivity index (χ1n) is 22.8. The van der Waals surface area contributed by atoms with Crippen molar-refractivity contribution in [2.24, 2.45) is 0 Å². The van der Waals surface area contributed by atoms with E-state index in [9.17, 15) is 14.4 Å². The average molecular weight is 734 g/mol. The van der Waals surface area contributed by atoms with Gasteiger partial charge in [0, 0.05) is 12.8 Å². The van der Waals surface area contributed by atoms with E-state index in [-0.39, 0.29) is 24.5 Å². The van der Waals surface area contributed by atoms with Gasteiger partial charge < -0.3 is 15.2 Å². The number of carboxylic acids is 1. The van der Waals surface area contributed by atoms with E-state index in [1.54, 1.807) is 0 Å². The molecule has 0 heterocycles. The smallest absolute Gasteiger partial charge is 0.322 e. The van der Waals surface area contributed by atoms with E-state index in [0.717, 1.165) is 70.6 Å². The molecule has 0 bridgehead atoms. The molecule has 0 aliphatic carbocycles. The second-order valence-corrected chi connectivity index (χ2v) is 15.7. The number of hydrogen-bond acceptors (Lipinski definition) is 4. The van der Waals surface area contributed by atoms with Crippen molar-refractivity contribution >= 4 is 17.8 Å². The SMILES string of the molecule is CCCCCCCCCC/C=C\CCCC(CCCCCCCC(=O)NCC(=O)O)OC(=O)CCCCCCCCCCCCCCCCCCC. The van der Waals surface area contributed by atoms with Gasteiger partial charge in [0.15, 0.2) is 0 Å². The Morgan fingerprint density at radius 1 is 0.481 bits per heavy atom. The zero-order chi connectivity index (χ0) is 38.0. The van der Waals surface area contributed by atoms with Crippen molar-refractivity contribution in [3.8, 4) is 0 Å². The summed E-state index contributed by atoms with van der Waals surface area (Å²) in [4.78, 5) is 35.1. The molecule has 0 saturated carbocycles. The number of aliphatic carboxylic acids is 1. The highest BCUT2D eigenvalue weighted by molar-refractivity contribution is 5.80. The van der Waals surface area contributed by atoms with Gasteiger partial charge in [0.25, 0.3) is 0 Å². The number of carboxylic acid groups (broad SMARTS) is 1. The number of unbranched alkanes of at least 4 members (excludes halogenated alkanes) is 29. The molecule has 0 aromatic heterocycles. The first-order chi connectivity index (χ1) is 25.5. The van der Waals surface area contributed by atoms with Crippen LogP contribution in [0.1, 0.15) is 251 Å². The maximum atomic E-state index is 12.8. The summed E-state index contributed by atoms with van der Waals surface area (Å²) >= 11 is 0. The molecule has 0 aliphatic rings. The summed E-state index contributed by atoms with van der Waals surface area (Å²) in [5, 5.41) is 11.1. The van der Waals surface area contributed by atoms with Gasteiger partial charge in [-0.05, 0) is 57.8 Å². The fourth-order valence-corrected chi connectivity index (χ4v) is 7.05. The average Bonchev–Trinajstić information content (AvgIpc) is 3.13. The van der Waals surface area contributed by atoms with Crippen LogP contribution in [-0.4, -0.2) is 35.6 Å². The minimum Gasteiger partial charge on any atom is -0.480 e. The molecule has 0 aliphatic heterocycles. The molecule has 0 fully saturated rings. The lowest BCUT2D eigenvalue weighted by molar-refractivity contribution is -0.150. The van der Waals surface area contributed by atoms with Gasteiger partial charge in [-0.2, -0.15) is 0 Å². The van der Waals surface area contributed by atoms with Crippen molar-refractivity contribution < 1.29 is 24.2 Å². The number of carbonyl (C=O) groups is 3. The summed E-state index contributed by atoms with van der Waals surface area (Å²) in [6.45, 7) is 4.24. The third-order valence-corrected chi connectivity index (χ3v) is 10.4. The van der Waals surface area contributed by atoms with E-state index in [1.807, 2.05) is 0 Å². The molecule has 6 nitrogen and oxygen atoms in total. The Balaban J connectivity index is 4.13. The van der Waals surface area contributed by atoms with E-state index in [1.165, 1.54) is 154 Å². The number of nitrogens with one attached hydrogen (secondary N) is 1. The van der Waals surface area contributed by atoms with Crippen LogP contribution >= 0.6 is 0 Å². The molecule has 1 atom stereocenters. The molecule has 0 rings (SSSR count). The number of hydrogen-bond donors (Lipinski definition) is 2. The van der Waals surface area contributed by atoms with E-state index >= 15 is 0 Å². The van der Waals surface area contributed by atoms with Crippen LogP contribution in [0.4, 0.5) is 0 Å². The number of allylic oxidation sites excluding steroid dienone is 2. The Morgan fingerprint density at radius 3 is 1.31 bits per heavy atom. The fraction of sp³-hybridized carbons (Fsp3) is 0.891. The summed E-state index contributed by atoms with van der Waals surface area (Å²) in [6, 6.07) is 0. The Bertz CT molecular complexity index is 813. The fourth-order valence-electron chi connectivity index (χ4n) is 7.05. The van der Waals surface area contributed by atoms with E-state index in [0.29, 0.717) is 12.8 Å². The van der Waals surface area contributed by atoms with Gasteiger partial charge in [-0.15, -0.1) is 0 Å². The molecule has 1 amide bonds. The minimum atomic E-state index is -1.02. The van der Waals surface area contributed by atoms with Gasteiger partial charge in [-0.1, -0.05) is 193 Å². The zero-order valence-electron chi connectivity index (χ0n) is 34.7. The van der Waals surface area contributed by atoms with Crippen molar-refractivity contribution in [2.45, 2.75) is 258 Å². The monoisotopic (exact) mass is 734 g/mol. The van der Waals surface area contributed by atoms with Crippen molar-refractivity contribution in [1.29, 1.82) is 0 Å². The molecule has 0 aromatic carbocycles. The number of ether oxygens (including phenoxy) is 1. The summed E-state index contributed by atoms with van der Waals surface area (Å²) in [7, 11) is 0. The molecule has 1 unspecified atom stereocenters. The van der Waals surface area contributed by atoms with Crippen molar-refractivity contribution in [3.63, 3.8) is 0 Å². The van der Waals surface area contributed by atoms with Crippen LogP contribution in [0.2, 0.25) is 0 Å². The third-order valence-electron chi connectivity index (χ3n) is 10.4. The Labute approximate surface area is 322 Å². The molecule has 0 spiro atoms. The standard InChI is InChI=1S/C46H87NO5/c1-3-5-7-9-11-13-15-17-18-19-20-22-24-26-28-33-37-41-46(51)52-43(39-35-31-29-32-36-40-44(48)47-42-45(49)50)38-34-30-27-25-23-21-16-14-12-10-8-6-4-2/h25,27,43H,3-24,26,28-42H2,1-2H3,(H,47,48)(H,49,50)/b27-25-. The van der Waals surface area contributed by atoms with Crippen LogP contribution in [-0.2, 0) is 19.1 Å². The highest BCUT2D eigenvalue weighted by Gasteiger charge is 2.14. The number of carbonyl (C=O) groups excluding carboxylic acids is 2. The summed E-state index contributed by atoms with van der Waals surface area (Å²) in [5.74, 6) is -1.23. The quantitative estimate of drug-likeness (QED) is 0.0370. The molecule has 306 valence electrons. The van der Waals surface area contributed by atoms with Crippen LogP contribution in [0.5, 0.6) is 0 Å². The Morgan fingerprint density at radius 2 is 0.846 bits per heavy atom. The van der Waals surface area contributed by atoms with Crippen molar-refractivity contribution in [3.05, 3.63) is 12.2 Å². The predicted octanol–water partition coefficient (Wildman–Crippen LogP) is 14.1. The maximum Gasteiger partial charge on any atom is 0.322 e. The second kappa shape index (κ2) is 41.9. The Hall–Kier alpha value is -1.85. The normalized spacial score (nSPS) is 12.0. The molecule has 2 N–H and O–H groups in total. The molecule has 0 radical (unpaired) electrons. The largest absolute Gasteiger partial charge is 0.480 e. The molecule has 0 aromatic rings. The highest BCUT2D eigenvalue weighted by atomic mass is 16.5. The lowest BCUT2D eigenvalue weighted by atomic mass is 10.0. The second-order valence-electron chi connectivity index (χ2n) is 15.7. The van der Waals surface area contributed by atoms with Gasteiger partial charge in [-0.3, -0.25) is 14.4 Å². The topological polar surface area (TPSA) is 92.7 Å². The molecular weight excluding hydrogens is 647 g/mol. The van der Waals surface area contributed by atoms with Crippen LogP contribution in [0.15, 0.2) is 12.2 Å². The Kier molecular flexibility index (Phi) is 40.4. The highest BCUT2D eigenvalue weighted by Crippen LogP contribution is 2.18. The summed E-state index contributed by atoms with van der Waals surface area (Å²) in [5.41, 5.74) is 0. The first-order valence-corrected chi connectivity index (χ1v) is 22.8. The van der Waals surface area contributed by atoms with Crippen LogP contribution in [0.25, 0.3) is 0 Å².